The lowest BCUT2D eigenvalue weighted by molar-refractivity contribution is 0.167. The van der Waals surface area contributed by atoms with Crippen LogP contribution in [0, 0.1) is 11.3 Å². The second-order valence-corrected chi connectivity index (χ2v) is 7.22. The monoisotopic (exact) mass is 333 g/mol. The Labute approximate surface area is 145 Å². The van der Waals surface area contributed by atoms with Gasteiger partial charge in [-0.2, -0.15) is 0 Å². The number of nitrogens with one attached hydrogen (secondary N) is 1. The zero-order valence-electron chi connectivity index (χ0n) is 15.4. The van der Waals surface area contributed by atoms with Gasteiger partial charge in [0.2, 0.25) is 0 Å². The molecule has 0 aliphatic heterocycles. The van der Waals surface area contributed by atoms with Crippen LogP contribution in [0.5, 0.6) is 11.5 Å². The van der Waals surface area contributed by atoms with E-state index in [-0.39, 0.29) is 5.41 Å². The predicted octanol–water partition coefficient (Wildman–Crippen LogP) is 4.04. The summed E-state index contributed by atoms with van der Waals surface area (Å²) in [6, 6.07) is 5.60. The van der Waals surface area contributed by atoms with Crippen molar-refractivity contribution in [1.82, 2.24) is 0 Å². The van der Waals surface area contributed by atoms with Crippen LogP contribution in [-0.2, 0) is 0 Å². The molecule has 3 N–H and O–H groups in total. The predicted molar refractivity (Wildman–Crippen MR) is 100 cm³/mol. The van der Waals surface area contributed by atoms with Crippen molar-refractivity contribution in [1.29, 1.82) is 0 Å². The normalized spacial score (nSPS) is 16.8. The number of guanidine groups is 1. The van der Waals surface area contributed by atoms with E-state index >= 15 is 0 Å². The zero-order valence-corrected chi connectivity index (χ0v) is 15.4. The van der Waals surface area contributed by atoms with Gasteiger partial charge in [-0.1, -0.05) is 33.1 Å². The maximum Gasteiger partial charge on any atom is 0.193 e. The lowest BCUT2D eigenvalue weighted by atomic mass is 9.71. The quantitative estimate of drug-likeness (QED) is 0.609. The van der Waals surface area contributed by atoms with Gasteiger partial charge in [0.05, 0.1) is 14.2 Å². The first-order valence-electron chi connectivity index (χ1n) is 8.75. The van der Waals surface area contributed by atoms with Crippen LogP contribution in [0.25, 0.3) is 0 Å². The van der Waals surface area contributed by atoms with Gasteiger partial charge in [0.25, 0.3) is 0 Å². The van der Waals surface area contributed by atoms with Gasteiger partial charge in [0.1, 0.15) is 0 Å². The Hall–Kier alpha value is -1.91. The van der Waals surface area contributed by atoms with Gasteiger partial charge in [-0.05, 0) is 36.3 Å². The van der Waals surface area contributed by atoms with Gasteiger partial charge < -0.3 is 20.5 Å². The maximum absolute atomic E-state index is 6.07. The number of nitrogens with zero attached hydrogens (tertiary/aromatic N) is 1. The molecule has 0 amide bonds. The highest BCUT2D eigenvalue weighted by molar-refractivity contribution is 5.92. The van der Waals surface area contributed by atoms with Gasteiger partial charge in [-0.25, -0.2) is 0 Å². The maximum atomic E-state index is 6.07. The van der Waals surface area contributed by atoms with Crippen molar-refractivity contribution in [2.75, 3.05) is 26.1 Å². The minimum Gasteiger partial charge on any atom is -0.493 e. The molecular formula is C19H31N3O2. The first kappa shape index (κ1) is 18.4. The lowest BCUT2D eigenvalue weighted by Gasteiger charge is -2.36. The minimum absolute atomic E-state index is 0.185. The number of rotatable bonds is 6. The molecule has 1 aromatic carbocycles. The van der Waals surface area contributed by atoms with Crippen molar-refractivity contribution in [2.24, 2.45) is 22.1 Å². The Kier molecular flexibility index (Phi) is 6.35. The van der Waals surface area contributed by atoms with Crippen LogP contribution in [0.15, 0.2) is 23.2 Å². The molecule has 0 saturated heterocycles. The highest BCUT2D eigenvalue weighted by Gasteiger charge is 2.30. The number of benzene rings is 1. The summed E-state index contributed by atoms with van der Waals surface area (Å²) in [6.45, 7) is 5.34. The van der Waals surface area contributed by atoms with Crippen molar-refractivity contribution >= 4 is 11.6 Å². The topological polar surface area (TPSA) is 68.9 Å². The second-order valence-electron chi connectivity index (χ2n) is 7.22. The number of hydrogen-bond acceptors (Lipinski definition) is 3. The largest absolute Gasteiger partial charge is 0.493 e. The molecule has 1 fully saturated rings. The van der Waals surface area contributed by atoms with E-state index in [0.717, 1.165) is 18.2 Å². The van der Waals surface area contributed by atoms with Crippen molar-refractivity contribution in [2.45, 2.75) is 46.0 Å². The van der Waals surface area contributed by atoms with Gasteiger partial charge >= 0.3 is 0 Å². The molecule has 2 rings (SSSR count). The molecule has 1 aliphatic carbocycles. The van der Waals surface area contributed by atoms with Crippen LogP contribution in [0.2, 0.25) is 0 Å². The SMILES string of the molecule is COc1ccc(NC(N)=NCC(C)(C)C2CCCCC2)cc1OC. The fraction of sp³-hybridized carbons (Fsp3) is 0.632. The van der Waals surface area contributed by atoms with E-state index in [1.54, 1.807) is 14.2 Å². The van der Waals surface area contributed by atoms with Crippen LogP contribution in [0.3, 0.4) is 0 Å². The molecule has 0 aromatic heterocycles. The van der Waals surface area contributed by atoms with Crippen molar-refractivity contribution in [3.8, 4) is 11.5 Å². The van der Waals surface area contributed by atoms with E-state index < -0.39 is 0 Å². The number of methoxy groups -OCH3 is 2. The molecule has 0 unspecified atom stereocenters. The van der Waals surface area contributed by atoms with Crippen molar-refractivity contribution in [3.05, 3.63) is 18.2 Å². The Morgan fingerprint density at radius 3 is 2.46 bits per heavy atom. The summed E-state index contributed by atoms with van der Waals surface area (Å²) in [4.78, 5) is 4.58. The summed E-state index contributed by atoms with van der Waals surface area (Å²) in [7, 11) is 3.24. The molecule has 0 spiro atoms. The Bertz CT molecular complexity index is 564. The number of hydrogen-bond donors (Lipinski definition) is 2. The zero-order chi connectivity index (χ0) is 17.6. The molecular weight excluding hydrogens is 302 g/mol. The molecule has 0 atom stereocenters. The molecule has 5 nitrogen and oxygen atoms in total. The van der Waals surface area contributed by atoms with Gasteiger partial charge in [-0.15, -0.1) is 0 Å². The van der Waals surface area contributed by atoms with Crippen LogP contribution in [-0.4, -0.2) is 26.7 Å². The molecule has 0 bridgehead atoms. The summed E-state index contributed by atoms with van der Waals surface area (Å²) in [5.74, 6) is 2.53. The number of nitrogens with two attached hydrogens (primary N) is 1. The standard InChI is InChI=1S/C19H31N3O2/c1-19(2,14-8-6-5-7-9-14)13-21-18(20)22-15-10-11-16(23-3)17(12-15)24-4/h10-12,14H,5-9,13H2,1-4H3,(H3,20,21,22). The number of ether oxygens (including phenoxy) is 2. The van der Waals surface area contributed by atoms with E-state index in [0.29, 0.717) is 17.5 Å². The third-order valence-corrected chi connectivity index (χ3v) is 5.02. The first-order chi connectivity index (χ1) is 11.5. The lowest BCUT2D eigenvalue weighted by Crippen LogP contribution is -2.31. The molecule has 0 heterocycles. The minimum atomic E-state index is 0.185. The highest BCUT2D eigenvalue weighted by Crippen LogP contribution is 2.38. The average Bonchev–Trinajstić information content (AvgIpc) is 2.60. The fourth-order valence-electron chi connectivity index (χ4n) is 3.40. The van der Waals surface area contributed by atoms with Crippen LogP contribution in [0.4, 0.5) is 5.69 Å². The molecule has 5 heteroatoms. The molecule has 24 heavy (non-hydrogen) atoms. The molecule has 1 aliphatic rings. The summed E-state index contributed by atoms with van der Waals surface area (Å²) in [5.41, 5.74) is 7.09. The van der Waals surface area contributed by atoms with E-state index in [4.69, 9.17) is 15.2 Å². The summed E-state index contributed by atoms with van der Waals surface area (Å²) in [5, 5.41) is 3.14. The molecule has 0 radical (unpaired) electrons. The Morgan fingerprint density at radius 1 is 1.17 bits per heavy atom. The van der Waals surface area contributed by atoms with E-state index in [2.05, 4.69) is 24.2 Å². The fourth-order valence-corrected chi connectivity index (χ4v) is 3.40. The van der Waals surface area contributed by atoms with E-state index in [9.17, 15) is 0 Å². The smallest absolute Gasteiger partial charge is 0.193 e. The van der Waals surface area contributed by atoms with Crippen molar-refractivity contribution < 1.29 is 9.47 Å². The number of anilines is 1. The Morgan fingerprint density at radius 2 is 1.83 bits per heavy atom. The van der Waals surface area contributed by atoms with Crippen LogP contribution < -0.4 is 20.5 Å². The van der Waals surface area contributed by atoms with Crippen LogP contribution >= 0.6 is 0 Å². The number of aliphatic imine (C=N–C) groups is 1. The molecule has 134 valence electrons. The molecule has 1 aromatic rings. The van der Waals surface area contributed by atoms with E-state index in [1.165, 1.54) is 32.1 Å². The van der Waals surface area contributed by atoms with E-state index in [1.807, 2.05) is 18.2 Å². The highest BCUT2D eigenvalue weighted by atomic mass is 16.5. The third kappa shape index (κ3) is 4.79. The van der Waals surface area contributed by atoms with Gasteiger partial charge in [0.15, 0.2) is 17.5 Å². The molecule has 1 saturated carbocycles. The summed E-state index contributed by atoms with van der Waals surface area (Å²) in [6.07, 6.45) is 6.68. The van der Waals surface area contributed by atoms with Crippen LogP contribution in [0.1, 0.15) is 46.0 Å². The first-order valence-corrected chi connectivity index (χ1v) is 8.75. The Balaban J connectivity index is 1.98. The van der Waals surface area contributed by atoms with Crippen molar-refractivity contribution in [3.63, 3.8) is 0 Å². The van der Waals surface area contributed by atoms with Gasteiger partial charge in [0, 0.05) is 18.3 Å². The summed E-state index contributed by atoms with van der Waals surface area (Å²) >= 11 is 0. The summed E-state index contributed by atoms with van der Waals surface area (Å²) < 4.78 is 10.5. The average molecular weight is 333 g/mol. The van der Waals surface area contributed by atoms with Gasteiger partial charge in [-0.3, -0.25) is 4.99 Å². The second kappa shape index (κ2) is 8.27. The third-order valence-electron chi connectivity index (χ3n) is 5.02.